The SMILES string of the molecule is CC(NS(=O)(=O)c1cc(F)ccc1F)(C(N)=O)c1ccccc1. The standard InChI is InChI=1S/C15H14F2N2O3S/c1-15(14(18)20,10-5-3-2-4-6-10)19-23(21,22)13-9-11(16)7-8-12(13)17/h2-9,19H,1H3,(H2,18,20). The molecule has 0 aromatic heterocycles. The van der Waals surface area contributed by atoms with E-state index in [1.54, 1.807) is 18.2 Å². The molecule has 0 bridgehead atoms. The summed E-state index contributed by atoms with van der Waals surface area (Å²) in [5, 5.41) is 0. The van der Waals surface area contributed by atoms with Crippen LogP contribution in [0, 0.1) is 11.6 Å². The van der Waals surface area contributed by atoms with Gasteiger partial charge in [-0.2, -0.15) is 4.72 Å². The minimum atomic E-state index is -4.53. The Bertz CT molecular complexity index is 841. The minimum absolute atomic E-state index is 0.271. The Hall–Kier alpha value is -2.32. The van der Waals surface area contributed by atoms with Crippen LogP contribution in [0.5, 0.6) is 0 Å². The molecule has 5 nitrogen and oxygen atoms in total. The van der Waals surface area contributed by atoms with Crippen LogP contribution >= 0.6 is 0 Å². The van der Waals surface area contributed by atoms with Gasteiger partial charge in [0, 0.05) is 0 Å². The van der Waals surface area contributed by atoms with Crippen LogP contribution < -0.4 is 10.5 Å². The molecule has 3 N–H and O–H groups in total. The van der Waals surface area contributed by atoms with E-state index in [-0.39, 0.29) is 5.56 Å². The summed E-state index contributed by atoms with van der Waals surface area (Å²) in [6.07, 6.45) is 0. The van der Waals surface area contributed by atoms with Gasteiger partial charge in [-0.3, -0.25) is 4.79 Å². The van der Waals surface area contributed by atoms with E-state index in [1.807, 2.05) is 0 Å². The third kappa shape index (κ3) is 3.38. The highest BCUT2D eigenvalue weighted by Crippen LogP contribution is 2.25. The monoisotopic (exact) mass is 340 g/mol. The van der Waals surface area contributed by atoms with Crippen LogP contribution in [-0.4, -0.2) is 14.3 Å². The number of hydrogen-bond acceptors (Lipinski definition) is 3. The second-order valence-electron chi connectivity index (χ2n) is 5.04. The lowest BCUT2D eigenvalue weighted by Crippen LogP contribution is -2.52. The fourth-order valence-electron chi connectivity index (χ4n) is 2.03. The van der Waals surface area contributed by atoms with Gasteiger partial charge in [0.1, 0.15) is 22.1 Å². The molecule has 8 heteroatoms. The molecule has 2 aromatic rings. The van der Waals surface area contributed by atoms with Crippen molar-refractivity contribution in [2.45, 2.75) is 17.4 Å². The number of primary amides is 1. The summed E-state index contributed by atoms with van der Waals surface area (Å²) >= 11 is 0. The van der Waals surface area contributed by atoms with Gasteiger partial charge >= 0.3 is 0 Å². The zero-order valence-electron chi connectivity index (χ0n) is 12.1. The van der Waals surface area contributed by atoms with Crippen LogP contribution in [0.2, 0.25) is 0 Å². The van der Waals surface area contributed by atoms with Crippen molar-refractivity contribution in [3.05, 3.63) is 65.7 Å². The smallest absolute Gasteiger partial charge is 0.244 e. The van der Waals surface area contributed by atoms with E-state index in [0.717, 1.165) is 6.07 Å². The number of amides is 1. The lowest BCUT2D eigenvalue weighted by molar-refractivity contribution is -0.123. The van der Waals surface area contributed by atoms with Crippen LogP contribution in [0.1, 0.15) is 12.5 Å². The second kappa shape index (κ2) is 6.05. The Balaban J connectivity index is 2.52. The third-order valence-electron chi connectivity index (χ3n) is 3.37. The molecule has 1 unspecified atom stereocenters. The van der Waals surface area contributed by atoms with Crippen molar-refractivity contribution in [2.24, 2.45) is 5.73 Å². The van der Waals surface area contributed by atoms with E-state index in [4.69, 9.17) is 5.73 Å². The lowest BCUT2D eigenvalue weighted by atomic mass is 9.93. The van der Waals surface area contributed by atoms with Gasteiger partial charge in [0.25, 0.3) is 0 Å². The number of halogens is 2. The highest BCUT2D eigenvalue weighted by Gasteiger charge is 2.38. The summed E-state index contributed by atoms with van der Waals surface area (Å²) in [4.78, 5) is 10.9. The number of benzene rings is 2. The van der Waals surface area contributed by atoms with Crippen molar-refractivity contribution in [2.75, 3.05) is 0 Å². The van der Waals surface area contributed by atoms with Crippen molar-refractivity contribution in [3.8, 4) is 0 Å². The van der Waals surface area contributed by atoms with Gasteiger partial charge in [-0.15, -0.1) is 0 Å². The van der Waals surface area contributed by atoms with Crippen molar-refractivity contribution in [3.63, 3.8) is 0 Å². The van der Waals surface area contributed by atoms with Gasteiger partial charge in [-0.25, -0.2) is 17.2 Å². The van der Waals surface area contributed by atoms with E-state index in [1.165, 1.54) is 19.1 Å². The Kier molecular flexibility index (Phi) is 4.49. The molecule has 0 aliphatic rings. The number of sulfonamides is 1. The van der Waals surface area contributed by atoms with Crippen LogP contribution in [0.4, 0.5) is 8.78 Å². The van der Waals surface area contributed by atoms with Gasteiger partial charge < -0.3 is 5.73 Å². The Morgan fingerprint density at radius 1 is 1.13 bits per heavy atom. The molecule has 2 rings (SSSR count). The van der Waals surface area contributed by atoms with E-state index < -0.39 is 38.0 Å². The molecule has 23 heavy (non-hydrogen) atoms. The second-order valence-corrected chi connectivity index (χ2v) is 6.69. The normalized spacial score (nSPS) is 14.2. The summed E-state index contributed by atoms with van der Waals surface area (Å²) in [5.41, 5.74) is 3.77. The summed E-state index contributed by atoms with van der Waals surface area (Å²) in [6.45, 7) is 1.25. The van der Waals surface area contributed by atoms with Gasteiger partial charge in [0.05, 0.1) is 0 Å². The topological polar surface area (TPSA) is 89.3 Å². The number of carbonyl (C=O) groups is 1. The van der Waals surface area contributed by atoms with Gasteiger partial charge in [0.2, 0.25) is 15.9 Å². The maximum absolute atomic E-state index is 13.7. The maximum atomic E-state index is 13.7. The predicted molar refractivity (Wildman–Crippen MR) is 79.7 cm³/mol. The average Bonchev–Trinajstić information content (AvgIpc) is 2.49. The molecule has 0 aliphatic carbocycles. The van der Waals surface area contributed by atoms with Gasteiger partial charge in [0.15, 0.2) is 0 Å². The third-order valence-corrected chi connectivity index (χ3v) is 4.93. The fourth-order valence-corrected chi connectivity index (χ4v) is 3.49. The van der Waals surface area contributed by atoms with Crippen molar-refractivity contribution in [1.29, 1.82) is 0 Å². The van der Waals surface area contributed by atoms with Crippen LogP contribution in [0.3, 0.4) is 0 Å². The molecule has 122 valence electrons. The highest BCUT2D eigenvalue weighted by molar-refractivity contribution is 7.89. The predicted octanol–water partition coefficient (Wildman–Crippen LogP) is 1.64. The average molecular weight is 340 g/mol. The maximum Gasteiger partial charge on any atom is 0.244 e. The Labute approximate surface area is 132 Å². The zero-order chi connectivity index (χ0) is 17.3. The molecule has 1 atom stereocenters. The van der Waals surface area contributed by atoms with Crippen LogP contribution in [0.25, 0.3) is 0 Å². The molecular formula is C15H14F2N2O3S. The quantitative estimate of drug-likeness (QED) is 0.867. The molecule has 0 aliphatic heterocycles. The summed E-state index contributed by atoms with van der Waals surface area (Å²) < 4.78 is 53.8. The first-order valence-corrected chi connectivity index (χ1v) is 7.99. The minimum Gasteiger partial charge on any atom is -0.368 e. The molecule has 0 saturated carbocycles. The number of rotatable bonds is 5. The lowest BCUT2D eigenvalue weighted by Gasteiger charge is -2.27. The number of nitrogens with one attached hydrogen (secondary N) is 1. The molecule has 1 amide bonds. The molecule has 2 aromatic carbocycles. The number of carbonyl (C=O) groups excluding carboxylic acids is 1. The van der Waals surface area contributed by atoms with Crippen molar-refractivity contribution >= 4 is 15.9 Å². The molecular weight excluding hydrogens is 326 g/mol. The number of hydrogen-bond donors (Lipinski definition) is 2. The Morgan fingerprint density at radius 3 is 2.30 bits per heavy atom. The molecule has 0 saturated heterocycles. The molecule has 0 radical (unpaired) electrons. The van der Waals surface area contributed by atoms with E-state index in [9.17, 15) is 22.0 Å². The summed E-state index contributed by atoms with van der Waals surface area (Å²) in [7, 11) is -4.53. The van der Waals surface area contributed by atoms with Crippen molar-refractivity contribution < 1.29 is 22.0 Å². The first-order chi connectivity index (χ1) is 10.7. The largest absolute Gasteiger partial charge is 0.368 e. The Morgan fingerprint density at radius 2 is 1.74 bits per heavy atom. The van der Waals surface area contributed by atoms with E-state index >= 15 is 0 Å². The summed E-state index contributed by atoms with van der Waals surface area (Å²) in [6, 6.07) is 9.86. The first kappa shape index (κ1) is 17.0. The number of nitrogens with two attached hydrogens (primary N) is 1. The van der Waals surface area contributed by atoms with Crippen LogP contribution in [0.15, 0.2) is 53.4 Å². The van der Waals surface area contributed by atoms with Crippen molar-refractivity contribution in [1.82, 2.24) is 4.72 Å². The van der Waals surface area contributed by atoms with E-state index in [0.29, 0.717) is 12.1 Å². The highest BCUT2D eigenvalue weighted by atomic mass is 32.2. The van der Waals surface area contributed by atoms with Crippen LogP contribution in [-0.2, 0) is 20.4 Å². The first-order valence-electron chi connectivity index (χ1n) is 6.51. The zero-order valence-corrected chi connectivity index (χ0v) is 12.9. The summed E-state index contributed by atoms with van der Waals surface area (Å²) in [5.74, 6) is -3.05. The molecule has 0 fully saturated rings. The molecule has 0 spiro atoms. The van der Waals surface area contributed by atoms with E-state index in [2.05, 4.69) is 4.72 Å². The van der Waals surface area contributed by atoms with Gasteiger partial charge in [-0.1, -0.05) is 30.3 Å². The fraction of sp³-hybridized carbons (Fsp3) is 0.133. The molecule has 0 heterocycles. The van der Waals surface area contributed by atoms with Gasteiger partial charge in [-0.05, 0) is 30.7 Å².